The van der Waals surface area contributed by atoms with Gasteiger partial charge in [0, 0.05) is 12.6 Å². The lowest BCUT2D eigenvalue weighted by molar-refractivity contribution is 0.955. The zero-order valence-electron chi connectivity index (χ0n) is 12.7. The van der Waals surface area contributed by atoms with Crippen molar-refractivity contribution in [2.75, 3.05) is 0 Å². The quantitative estimate of drug-likeness (QED) is 0.672. The smallest absolute Gasteiger partial charge is 0.141 e. The van der Waals surface area contributed by atoms with Crippen molar-refractivity contribution in [2.45, 2.75) is 20.8 Å². The molecule has 0 spiro atoms. The molecule has 0 saturated heterocycles. The number of hydrogen-bond donors (Lipinski definition) is 0. The first-order chi connectivity index (χ1) is 10.0. The molecule has 3 heteroatoms. The zero-order valence-corrected chi connectivity index (χ0v) is 12.7. The van der Waals surface area contributed by atoms with Crippen molar-refractivity contribution in [1.82, 2.24) is 9.55 Å². The molecule has 0 amide bonds. The number of aromatic nitrogens is 2. The first-order valence-corrected chi connectivity index (χ1v) is 6.96. The summed E-state index contributed by atoms with van der Waals surface area (Å²) in [6, 6.07) is 12.3. The largest absolute Gasteiger partial charge is 0.327 e. The van der Waals surface area contributed by atoms with E-state index in [0.717, 1.165) is 22.4 Å². The van der Waals surface area contributed by atoms with Crippen molar-refractivity contribution in [1.29, 1.82) is 5.26 Å². The van der Waals surface area contributed by atoms with Crippen LogP contribution in [0.1, 0.15) is 22.3 Å². The fourth-order valence-electron chi connectivity index (χ4n) is 3.06. The predicted octanol–water partition coefficient (Wildman–Crippen LogP) is 4.04. The minimum atomic E-state index is 0.622. The van der Waals surface area contributed by atoms with Gasteiger partial charge in [-0.2, -0.15) is 5.26 Å². The first-order valence-electron chi connectivity index (χ1n) is 6.96. The highest BCUT2D eigenvalue weighted by atomic mass is 15.1. The first kappa shape index (κ1) is 13.4. The van der Waals surface area contributed by atoms with Crippen LogP contribution in [0, 0.1) is 32.1 Å². The van der Waals surface area contributed by atoms with Crippen molar-refractivity contribution in [3.63, 3.8) is 0 Å². The maximum absolute atomic E-state index is 9.25. The van der Waals surface area contributed by atoms with Crippen molar-refractivity contribution < 1.29 is 0 Å². The van der Waals surface area contributed by atoms with Gasteiger partial charge in [0.25, 0.3) is 0 Å². The molecule has 0 aliphatic carbocycles. The van der Waals surface area contributed by atoms with Gasteiger partial charge >= 0.3 is 0 Å². The fraction of sp³-hybridized carbons (Fsp3) is 0.222. The molecule has 0 bridgehead atoms. The van der Waals surface area contributed by atoms with Crippen LogP contribution in [0.5, 0.6) is 0 Å². The van der Waals surface area contributed by atoms with E-state index in [-0.39, 0.29) is 0 Å². The SMILES string of the molecule is Cc1cc(C)c(-c2nc3c(C#N)cccc3n2C)c(C)c1. The van der Waals surface area contributed by atoms with E-state index in [4.69, 9.17) is 4.98 Å². The zero-order chi connectivity index (χ0) is 15.1. The van der Waals surface area contributed by atoms with Gasteiger partial charge in [0.15, 0.2) is 0 Å². The molecule has 0 radical (unpaired) electrons. The number of imidazole rings is 1. The normalized spacial score (nSPS) is 10.8. The highest BCUT2D eigenvalue weighted by molar-refractivity contribution is 5.86. The van der Waals surface area contributed by atoms with Gasteiger partial charge in [-0.15, -0.1) is 0 Å². The molecule has 0 N–H and O–H groups in total. The van der Waals surface area contributed by atoms with E-state index < -0.39 is 0 Å². The molecule has 3 rings (SSSR count). The Morgan fingerprint density at radius 2 is 1.76 bits per heavy atom. The standard InChI is InChI=1S/C18H17N3/c1-11-8-12(2)16(13(3)9-11)18-20-17-14(10-19)6-5-7-15(17)21(18)4/h5-9H,1-4H3. The lowest BCUT2D eigenvalue weighted by atomic mass is 9.99. The van der Waals surface area contributed by atoms with Crippen molar-refractivity contribution >= 4 is 11.0 Å². The van der Waals surface area contributed by atoms with Crippen LogP contribution in [0.2, 0.25) is 0 Å². The Balaban J connectivity index is 2.38. The molecule has 3 nitrogen and oxygen atoms in total. The van der Waals surface area contributed by atoms with Gasteiger partial charge in [-0.3, -0.25) is 0 Å². The number of benzene rings is 2. The topological polar surface area (TPSA) is 41.6 Å². The molecule has 104 valence electrons. The van der Waals surface area contributed by atoms with Gasteiger partial charge in [-0.05, 0) is 44.0 Å². The number of aryl methyl sites for hydroxylation is 4. The molecule has 2 aromatic carbocycles. The van der Waals surface area contributed by atoms with Crippen molar-refractivity contribution in [3.8, 4) is 17.5 Å². The van der Waals surface area contributed by atoms with Gasteiger partial charge in [0.2, 0.25) is 0 Å². The number of nitriles is 1. The van der Waals surface area contributed by atoms with E-state index in [0.29, 0.717) is 5.56 Å². The third kappa shape index (κ3) is 2.00. The van der Waals surface area contributed by atoms with Crippen LogP contribution in [-0.4, -0.2) is 9.55 Å². The predicted molar refractivity (Wildman–Crippen MR) is 85.1 cm³/mol. The fourth-order valence-corrected chi connectivity index (χ4v) is 3.06. The second-order valence-electron chi connectivity index (χ2n) is 5.55. The number of rotatable bonds is 1. The molecule has 0 saturated carbocycles. The van der Waals surface area contributed by atoms with Crippen LogP contribution in [0.25, 0.3) is 22.4 Å². The summed E-state index contributed by atoms with van der Waals surface area (Å²) >= 11 is 0. The molecule has 0 aliphatic rings. The second kappa shape index (κ2) is 4.75. The summed E-state index contributed by atoms with van der Waals surface area (Å²) in [6.07, 6.45) is 0. The summed E-state index contributed by atoms with van der Waals surface area (Å²) in [5.74, 6) is 0.919. The van der Waals surface area contributed by atoms with Crippen molar-refractivity contribution in [2.24, 2.45) is 7.05 Å². The van der Waals surface area contributed by atoms with E-state index in [2.05, 4.69) is 43.5 Å². The summed E-state index contributed by atoms with van der Waals surface area (Å²) < 4.78 is 2.07. The molecule has 21 heavy (non-hydrogen) atoms. The average Bonchev–Trinajstić information content (AvgIpc) is 2.75. The Labute approximate surface area is 124 Å². The highest BCUT2D eigenvalue weighted by Gasteiger charge is 2.16. The van der Waals surface area contributed by atoms with Gasteiger partial charge in [0.1, 0.15) is 17.4 Å². The summed E-state index contributed by atoms with van der Waals surface area (Å²) in [6.45, 7) is 6.33. The molecule has 0 unspecified atom stereocenters. The summed E-state index contributed by atoms with van der Waals surface area (Å²) in [7, 11) is 2.00. The van der Waals surface area contributed by atoms with Crippen molar-refractivity contribution in [3.05, 3.63) is 52.6 Å². The van der Waals surface area contributed by atoms with Crippen LogP contribution < -0.4 is 0 Å². The van der Waals surface area contributed by atoms with Gasteiger partial charge in [-0.1, -0.05) is 23.8 Å². The Kier molecular flexibility index (Phi) is 3.03. The lowest BCUT2D eigenvalue weighted by Gasteiger charge is -2.11. The Hall–Kier alpha value is -2.60. The summed E-state index contributed by atoms with van der Waals surface area (Å²) in [5.41, 5.74) is 7.22. The van der Waals surface area contributed by atoms with Crippen LogP contribution in [0.3, 0.4) is 0 Å². The van der Waals surface area contributed by atoms with E-state index >= 15 is 0 Å². The van der Waals surface area contributed by atoms with E-state index in [1.165, 1.54) is 16.7 Å². The molecule has 0 fully saturated rings. The van der Waals surface area contributed by atoms with E-state index in [9.17, 15) is 5.26 Å². The second-order valence-corrected chi connectivity index (χ2v) is 5.55. The third-order valence-corrected chi connectivity index (χ3v) is 3.93. The van der Waals surface area contributed by atoms with E-state index in [1.807, 2.05) is 25.2 Å². The van der Waals surface area contributed by atoms with Gasteiger partial charge < -0.3 is 4.57 Å². The molecular weight excluding hydrogens is 258 g/mol. The maximum Gasteiger partial charge on any atom is 0.141 e. The Morgan fingerprint density at radius 3 is 2.38 bits per heavy atom. The number of nitrogens with zero attached hydrogens (tertiary/aromatic N) is 3. The molecule has 1 aromatic heterocycles. The number of fused-ring (bicyclic) bond motifs is 1. The van der Waals surface area contributed by atoms with Crippen LogP contribution >= 0.6 is 0 Å². The number of para-hydroxylation sites is 1. The van der Waals surface area contributed by atoms with Crippen LogP contribution in [0.15, 0.2) is 30.3 Å². The molecular formula is C18H17N3. The molecule has 0 aliphatic heterocycles. The summed E-state index contributed by atoms with van der Waals surface area (Å²) in [5, 5.41) is 9.25. The van der Waals surface area contributed by atoms with Crippen LogP contribution in [0.4, 0.5) is 0 Å². The Morgan fingerprint density at radius 1 is 1.10 bits per heavy atom. The maximum atomic E-state index is 9.25. The Bertz CT molecular complexity index is 872. The van der Waals surface area contributed by atoms with Crippen LogP contribution in [-0.2, 0) is 7.05 Å². The molecule has 3 aromatic rings. The third-order valence-electron chi connectivity index (χ3n) is 3.93. The van der Waals surface area contributed by atoms with Gasteiger partial charge in [0.05, 0.1) is 11.1 Å². The minimum Gasteiger partial charge on any atom is -0.327 e. The van der Waals surface area contributed by atoms with Gasteiger partial charge in [-0.25, -0.2) is 4.98 Å². The summed E-state index contributed by atoms with van der Waals surface area (Å²) in [4.78, 5) is 4.75. The highest BCUT2D eigenvalue weighted by Crippen LogP contribution is 2.30. The average molecular weight is 275 g/mol. The molecule has 1 heterocycles. The lowest BCUT2D eigenvalue weighted by Crippen LogP contribution is -1.97. The number of hydrogen-bond acceptors (Lipinski definition) is 2. The minimum absolute atomic E-state index is 0.622. The monoisotopic (exact) mass is 275 g/mol. The molecule has 0 atom stereocenters. The van der Waals surface area contributed by atoms with E-state index in [1.54, 1.807) is 0 Å².